The Labute approximate surface area is 102 Å². The molecule has 0 aliphatic heterocycles. The number of hydrogen-bond donors (Lipinski definition) is 1. The van der Waals surface area contributed by atoms with Crippen molar-refractivity contribution in [2.24, 2.45) is 11.8 Å². The topological polar surface area (TPSA) is 23.5 Å². The van der Waals surface area contributed by atoms with Gasteiger partial charge in [-0.3, -0.25) is 0 Å². The molecule has 0 aromatic heterocycles. The van der Waals surface area contributed by atoms with Crippen molar-refractivity contribution in [3.63, 3.8) is 0 Å². The number of para-hydroxylation sites is 1. The van der Waals surface area contributed by atoms with Crippen molar-refractivity contribution in [3.8, 4) is 0 Å². The molecule has 2 unspecified atom stereocenters. The first kappa shape index (κ1) is 11.7. The summed E-state index contributed by atoms with van der Waals surface area (Å²) >= 11 is 6.19. The lowest BCUT2D eigenvalue weighted by Gasteiger charge is -2.23. The van der Waals surface area contributed by atoms with Crippen LogP contribution in [-0.2, 0) is 6.61 Å². The van der Waals surface area contributed by atoms with Gasteiger partial charge in [0.25, 0.3) is 0 Å². The molecule has 2 atom stereocenters. The van der Waals surface area contributed by atoms with Gasteiger partial charge in [-0.05, 0) is 24.3 Å². The van der Waals surface area contributed by atoms with Gasteiger partial charge < -0.3 is 10.0 Å². The van der Waals surface area contributed by atoms with Gasteiger partial charge in [-0.25, -0.2) is 0 Å². The maximum absolute atomic E-state index is 9.31. The standard InChI is InChI=1S/C13H18ClNO/c1-9-6-11(9)7-15(2)13-10(8-16)4-3-5-12(13)14/h3-5,9,11,16H,6-8H2,1-2H3. The van der Waals surface area contributed by atoms with Crippen LogP contribution >= 0.6 is 11.6 Å². The van der Waals surface area contributed by atoms with Gasteiger partial charge in [-0.1, -0.05) is 30.7 Å². The van der Waals surface area contributed by atoms with Crippen LogP contribution in [-0.4, -0.2) is 18.7 Å². The molecule has 1 aromatic carbocycles. The SMILES string of the molecule is CC1CC1CN(C)c1c(Cl)cccc1CO. The Morgan fingerprint density at radius 1 is 1.50 bits per heavy atom. The summed E-state index contributed by atoms with van der Waals surface area (Å²) in [6.07, 6.45) is 1.31. The first-order valence-electron chi connectivity index (χ1n) is 5.73. The van der Waals surface area contributed by atoms with Crippen molar-refractivity contribution in [2.45, 2.75) is 20.0 Å². The highest BCUT2D eigenvalue weighted by molar-refractivity contribution is 6.33. The lowest BCUT2D eigenvalue weighted by Crippen LogP contribution is -2.22. The summed E-state index contributed by atoms with van der Waals surface area (Å²) in [7, 11) is 2.05. The number of aliphatic hydroxyl groups is 1. The molecule has 2 nitrogen and oxygen atoms in total. The summed E-state index contributed by atoms with van der Waals surface area (Å²) in [6, 6.07) is 5.68. The third kappa shape index (κ3) is 2.33. The van der Waals surface area contributed by atoms with E-state index in [1.807, 2.05) is 25.2 Å². The highest BCUT2D eigenvalue weighted by Gasteiger charge is 2.33. The Hall–Kier alpha value is -0.730. The van der Waals surface area contributed by atoms with Crippen molar-refractivity contribution in [1.29, 1.82) is 0 Å². The minimum absolute atomic E-state index is 0.0421. The molecule has 0 spiro atoms. The zero-order valence-corrected chi connectivity index (χ0v) is 10.5. The molecule has 16 heavy (non-hydrogen) atoms. The Kier molecular flexibility index (Phi) is 3.41. The zero-order valence-electron chi connectivity index (χ0n) is 9.78. The van der Waals surface area contributed by atoms with E-state index in [4.69, 9.17) is 11.6 Å². The molecule has 3 heteroatoms. The van der Waals surface area contributed by atoms with Crippen molar-refractivity contribution in [3.05, 3.63) is 28.8 Å². The minimum Gasteiger partial charge on any atom is -0.392 e. The molecule has 0 heterocycles. The number of hydrogen-bond acceptors (Lipinski definition) is 2. The molecule has 88 valence electrons. The molecule has 0 bridgehead atoms. The van der Waals surface area contributed by atoms with Gasteiger partial charge in [0.2, 0.25) is 0 Å². The van der Waals surface area contributed by atoms with Gasteiger partial charge in [-0.15, -0.1) is 0 Å². The smallest absolute Gasteiger partial charge is 0.0702 e. The fraction of sp³-hybridized carbons (Fsp3) is 0.538. The molecule has 2 rings (SSSR count). The predicted octanol–water partition coefficient (Wildman–Crippen LogP) is 2.92. The van der Waals surface area contributed by atoms with Crippen LogP contribution in [0.2, 0.25) is 5.02 Å². The lowest BCUT2D eigenvalue weighted by atomic mass is 10.1. The van der Waals surface area contributed by atoms with Crippen LogP contribution in [0.3, 0.4) is 0 Å². The van der Waals surface area contributed by atoms with E-state index in [-0.39, 0.29) is 6.61 Å². The second kappa shape index (κ2) is 4.64. The first-order valence-corrected chi connectivity index (χ1v) is 6.10. The summed E-state index contributed by atoms with van der Waals surface area (Å²) in [5.74, 6) is 1.62. The van der Waals surface area contributed by atoms with Gasteiger partial charge in [0, 0.05) is 19.2 Å². The molecule has 1 N–H and O–H groups in total. The van der Waals surface area contributed by atoms with Crippen LogP contribution in [0.5, 0.6) is 0 Å². The van der Waals surface area contributed by atoms with Gasteiger partial charge in [0.1, 0.15) is 0 Å². The monoisotopic (exact) mass is 239 g/mol. The number of halogens is 1. The fourth-order valence-corrected chi connectivity index (χ4v) is 2.55. The van der Waals surface area contributed by atoms with Crippen LogP contribution in [0.4, 0.5) is 5.69 Å². The number of anilines is 1. The maximum Gasteiger partial charge on any atom is 0.0702 e. The van der Waals surface area contributed by atoms with Gasteiger partial charge in [0.05, 0.1) is 17.3 Å². The molecule has 0 saturated heterocycles. The fourth-order valence-electron chi connectivity index (χ4n) is 2.21. The quantitative estimate of drug-likeness (QED) is 0.874. The van der Waals surface area contributed by atoms with E-state index in [9.17, 15) is 5.11 Å². The van der Waals surface area contributed by atoms with E-state index in [1.54, 1.807) is 0 Å². The van der Waals surface area contributed by atoms with E-state index in [0.29, 0.717) is 0 Å². The number of benzene rings is 1. The summed E-state index contributed by atoms with van der Waals surface area (Å²) < 4.78 is 0. The van der Waals surface area contributed by atoms with Gasteiger partial charge >= 0.3 is 0 Å². The zero-order chi connectivity index (χ0) is 11.7. The molecule has 0 amide bonds. The van der Waals surface area contributed by atoms with Crippen molar-refractivity contribution >= 4 is 17.3 Å². The molecule has 1 aliphatic rings. The summed E-state index contributed by atoms with van der Waals surface area (Å²) in [5, 5.41) is 10.0. The summed E-state index contributed by atoms with van der Waals surface area (Å²) in [4.78, 5) is 2.17. The second-order valence-corrected chi connectivity index (χ2v) is 5.17. The van der Waals surface area contributed by atoms with Crippen LogP contribution in [0.1, 0.15) is 18.9 Å². The van der Waals surface area contributed by atoms with Crippen LogP contribution in [0.25, 0.3) is 0 Å². The molecule has 0 radical (unpaired) electrons. The molecule has 1 fully saturated rings. The highest BCUT2D eigenvalue weighted by atomic mass is 35.5. The van der Waals surface area contributed by atoms with Gasteiger partial charge in [0.15, 0.2) is 0 Å². The molecular formula is C13H18ClNO. The van der Waals surface area contributed by atoms with Gasteiger partial charge in [-0.2, -0.15) is 0 Å². The summed E-state index contributed by atoms with van der Waals surface area (Å²) in [6.45, 7) is 3.34. The van der Waals surface area contributed by atoms with Crippen LogP contribution in [0, 0.1) is 11.8 Å². The number of nitrogens with zero attached hydrogens (tertiary/aromatic N) is 1. The van der Waals surface area contributed by atoms with Crippen LogP contribution in [0.15, 0.2) is 18.2 Å². The Morgan fingerprint density at radius 2 is 2.19 bits per heavy atom. The average molecular weight is 240 g/mol. The molecule has 1 aromatic rings. The van der Waals surface area contributed by atoms with E-state index in [2.05, 4.69) is 11.8 Å². The Balaban J connectivity index is 2.17. The van der Waals surface area contributed by atoms with Crippen molar-refractivity contribution in [1.82, 2.24) is 0 Å². The third-order valence-electron chi connectivity index (χ3n) is 3.41. The normalized spacial score (nSPS) is 23.2. The van der Waals surface area contributed by atoms with E-state index >= 15 is 0 Å². The number of rotatable bonds is 4. The van der Waals surface area contributed by atoms with Crippen LogP contribution < -0.4 is 4.90 Å². The lowest BCUT2D eigenvalue weighted by molar-refractivity contribution is 0.282. The average Bonchev–Trinajstić information content (AvgIpc) is 2.93. The second-order valence-electron chi connectivity index (χ2n) is 4.76. The molecule has 1 saturated carbocycles. The predicted molar refractivity (Wildman–Crippen MR) is 67.9 cm³/mol. The summed E-state index contributed by atoms with van der Waals surface area (Å²) in [5.41, 5.74) is 1.88. The van der Waals surface area contributed by atoms with E-state index in [0.717, 1.165) is 34.7 Å². The minimum atomic E-state index is 0.0421. The Bertz CT molecular complexity index is 380. The maximum atomic E-state index is 9.31. The first-order chi connectivity index (χ1) is 7.63. The van der Waals surface area contributed by atoms with Crippen molar-refractivity contribution < 1.29 is 5.11 Å². The number of aliphatic hydroxyl groups excluding tert-OH is 1. The van der Waals surface area contributed by atoms with E-state index in [1.165, 1.54) is 6.42 Å². The van der Waals surface area contributed by atoms with E-state index < -0.39 is 0 Å². The molecule has 1 aliphatic carbocycles. The molecular weight excluding hydrogens is 222 g/mol. The third-order valence-corrected chi connectivity index (χ3v) is 3.71. The Morgan fingerprint density at radius 3 is 2.75 bits per heavy atom. The largest absolute Gasteiger partial charge is 0.392 e. The van der Waals surface area contributed by atoms with Crippen molar-refractivity contribution in [2.75, 3.05) is 18.5 Å². The highest BCUT2D eigenvalue weighted by Crippen LogP contribution is 2.40.